The smallest absolute Gasteiger partial charge is 0.408 e. The summed E-state index contributed by atoms with van der Waals surface area (Å²) in [6.07, 6.45) is 0.212. The quantitative estimate of drug-likeness (QED) is 0.457. The highest BCUT2D eigenvalue weighted by molar-refractivity contribution is 5.86. The fraction of sp³-hybridized carbons (Fsp3) is 0.688. The van der Waals surface area contributed by atoms with Crippen molar-refractivity contribution in [3.8, 4) is 0 Å². The first-order valence-corrected chi connectivity index (χ1v) is 7.33. The standard InChI is InChI=1S/C16H27NO6/c1-8-9-21-13(19)11(10-12(18)22-15(2,3)4)17-14(20)23-16(5,6)7/h8,11H,1,9-10H2,2-7H3,(H,17,20)/t11-/m0/s1. The molecule has 0 heterocycles. The molecule has 0 spiro atoms. The Balaban J connectivity index is 4.88. The Hall–Kier alpha value is -2.05. The molecule has 0 aliphatic rings. The van der Waals surface area contributed by atoms with E-state index in [2.05, 4.69) is 11.9 Å². The Morgan fingerprint density at radius 1 is 1.04 bits per heavy atom. The van der Waals surface area contributed by atoms with Crippen LogP contribution in [0.4, 0.5) is 4.79 Å². The molecule has 0 bridgehead atoms. The number of rotatable bonds is 6. The van der Waals surface area contributed by atoms with E-state index in [9.17, 15) is 14.4 Å². The van der Waals surface area contributed by atoms with Crippen molar-refractivity contribution in [1.82, 2.24) is 5.32 Å². The van der Waals surface area contributed by atoms with Gasteiger partial charge >= 0.3 is 18.0 Å². The van der Waals surface area contributed by atoms with Crippen LogP contribution < -0.4 is 5.32 Å². The van der Waals surface area contributed by atoms with E-state index in [4.69, 9.17) is 14.2 Å². The second-order valence-electron chi connectivity index (χ2n) is 6.91. The van der Waals surface area contributed by atoms with E-state index in [0.717, 1.165) is 0 Å². The van der Waals surface area contributed by atoms with Gasteiger partial charge in [0.2, 0.25) is 0 Å². The second-order valence-corrected chi connectivity index (χ2v) is 6.91. The summed E-state index contributed by atoms with van der Waals surface area (Å²) in [6, 6.07) is -1.19. The Labute approximate surface area is 137 Å². The van der Waals surface area contributed by atoms with E-state index in [1.807, 2.05) is 0 Å². The average molecular weight is 329 g/mol. The van der Waals surface area contributed by atoms with Crippen molar-refractivity contribution in [2.45, 2.75) is 65.2 Å². The van der Waals surface area contributed by atoms with Crippen molar-refractivity contribution in [3.05, 3.63) is 12.7 Å². The molecule has 0 fully saturated rings. The van der Waals surface area contributed by atoms with Gasteiger partial charge in [0.15, 0.2) is 0 Å². The Morgan fingerprint density at radius 3 is 2.00 bits per heavy atom. The number of hydrogen-bond donors (Lipinski definition) is 1. The van der Waals surface area contributed by atoms with Crippen molar-refractivity contribution < 1.29 is 28.6 Å². The number of nitrogens with one attached hydrogen (secondary N) is 1. The summed E-state index contributed by atoms with van der Waals surface area (Å²) in [4.78, 5) is 35.6. The minimum Gasteiger partial charge on any atom is -0.460 e. The van der Waals surface area contributed by atoms with E-state index >= 15 is 0 Å². The average Bonchev–Trinajstić information content (AvgIpc) is 2.30. The summed E-state index contributed by atoms with van der Waals surface area (Å²) in [5.74, 6) is -1.39. The molecule has 0 saturated carbocycles. The normalized spacial score (nSPS) is 12.8. The van der Waals surface area contributed by atoms with Crippen molar-refractivity contribution in [2.75, 3.05) is 6.61 Å². The summed E-state index contributed by atoms with van der Waals surface area (Å²) in [7, 11) is 0. The van der Waals surface area contributed by atoms with Crippen LogP contribution >= 0.6 is 0 Å². The van der Waals surface area contributed by atoms with Crippen LogP contribution in [0.1, 0.15) is 48.0 Å². The van der Waals surface area contributed by atoms with Crippen molar-refractivity contribution in [1.29, 1.82) is 0 Å². The van der Waals surface area contributed by atoms with Crippen LogP contribution in [0.5, 0.6) is 0 Å². The summed E-state index contributed by atoms with van der Waals surface area (Å²) in [5.41, 5.74) is -1.43. The van der Waals surface area contributed by atoms with Crippen LogP contribution in [-0.2, 0) is 23.8 Å². The first-order valence-electron chi connectivity index (χ1n) is 7.33. The lowest BCUT2D eigenvalue weighted by Crippen LogP contribution is -2.46. The minimum absolute atomic E-state index is 0.0281. The summed E-state index contributed by atoms with van der Waals surface area (Å²) in [5, 5.41) is 2.33. The molecule has 7 heteroatoms. The molecule has 132 valence electrons. The molecule has 0 aliphatic heterocycles. The van der Waals surface area contributed by atoms with E-state index < -0.39 is 35.3 Å². The fourth-order valence-electron chi connectivity index (χ4n) is 1.43. The van der Waals surface area contributed by atoms with Crippen molar-refractivity contribution in [2.24, 2.45) is 0 Å². The molecule has 0 unspecified atom stereocenters. The van der Waals surface area contributed by atoms with Gasteiger partial charge in [-0.25, -0.2) is 9.59 Å². The predicted octanol–water partition coefficient (Wildman–Crippen LogP) is 2.34. The lowest BCUT2D eigenvalue weighted by Gasteiger charge is -2.24. The molecule has 0 aliphatic carbocycles. The van der Waals surface area contributed by atoms with Crippen LogP contribution in [0, 0.1) is 0 Å². The van der Waals surface area contributed by atoms with Gasteiger partial charge in [-0.05, 0) is 41.5 Å². The molecule has 23 heavy (non-hydrogen) atoms. The van der Waals surface area contributed by atoms with Crippen LogP contribution in [0.25, 0.3) is 0 Å². The Bertz CT molecular complexity index is 414. The molecule has 0 saturated heterocycles. The first-order chi connectivity index (χ1) is 10.3. The molecule has 1 atom stereocenters. The number of ether oxygens (including phenoxy) is 3. The van der Waals surface area contributed by atoms with E-state index in [1.54, 1.807) is 41.5 Å². The van der Waals surface area contributed by atoms with E-state index in [-0.39, 0.29) is 13.0 Å². The largest absolute Gasteiger partial charge is 0.460 e. The number of esters is 2. The monoisotopic (exact) mass is 329 g/mol. The molecule has 1 N–H and O–H groups in total. The maximum absolute atomic E-state index is 12.0. The topological polar surface area (TPSA) is 90.9 Å². The van der Waals surface area contributed by atoms with Gasteiger partial charge in [-0.15, -0.1) is 0 Å². The molecular weight excluding hydrogens is 302 g/mol. The third kappa shape index (κ3) is 11.2. The van der Waals surface area contributed by atoms with Gasteiger partial charge < -0.3 is 19.5 Å². The number of hydrogen-bond acceptors (Lipinski definition) is 6. The molecule has 1 amide bonds. The zero-order valence-corrected chi connectivity index (χ0v) is 14.7. The molecule has 0 aromatic rings. The summed E-state index contributed by atoms with van der Waals surface area (Å²) >= 11 is 0. The highest BCUT2D eigenvalue weighted by atomic mass is 16.6. The molecule has 0 aromatic carbocycles. The summed E-state index contributed by atoms with van der Waals surface area (Å²) < 4.78 is 15.1. The van der Waals surface area contributed by atoms with Gasteiger partial charge in [0.25, 0.3) is 0 Å². The molecule has 0 radical (unpaired) electrons. The van der Waals surface area contributed by atoms with Gasteiger partial charge in [0.1, 0.15) is 23.9 Å². The van der Waals surface area contributed by atoms with E-state index in [1.165, 1.54) is 6.08 Å². The summed E-state index contributed by atoms with van der Waals surface area (Å²) in [6.45, 7) is 13.6. The highest BCUT2D eigenvalue weighted by Crippen LogP contribution is 2.11. The SMILES string of the molecule is C=CCOC(=O)[C@H](CC(=O)OC(C)(C)C)NC(=O)OC(C)(C)C. The van der Waals surface area contributed by atoms with Gasteiger partial charge in [-0.3, -0.25) is 4.79 Å². The maximum atomic E-state index is 12.0. The van der Waals surface area contributed by atoms with Crippen LogP contribution in [0.2, 0.25) is 0 Å². The fourth-order valence-corrected chi connectivity index (χ4v) is 1.43. The highest BCUT2D eigenvalue weighted by Gasteiger charge is 2.29. The molecular formula is C16H27NO6. The van der Waals surface area contributed by atoms with Crippen molar-refractivity contribution in [3.63, 3.8) is 0 Å². The van der Waals surface area contributed by atoms with Gasteiger partial charge in [0.05, 0.1) is 6.42 Å². The molecule has 0 aromatic heterocycles. The zero-order chi connectivity index (χ0) is 18.3. The van der Waals surface area contributed by atoms with Crippen LogP contribution in [0.15, 0.2) is 12.7 Å². The number of carbonyl (C=O) groups excluding carboxylic acids is 3. The lowest BCUT2D eigenvalue weighted by atomic mass is 10.1. The minimum atomic E-state index is -1.19. The van der Waals surface area contributed by atoms with Gasteiger partial charge in [-0.1, -0.05) is 12.7 Å². The number of carbonyl (C=O) groups is 3. The Kier molecular flexibility index (Phi) is 7.79. The van der Waals surface area contributed by atoms with E-state index in [0.29, 0.717) is 0 Å². The third-order valence-corrected chi connectivity index (χ3v) is 2.11. The zero-order valence-electron chi connectivity index (χ0n) is 14.7. The molecule has 7 nitrogen and oxygen atoms in total. The number of amides is 1. The lowest BCUT2D eigenvalue weighted by molar-refractivity contribution is -0.159. The first kappa shape index (κ1) is 20.9. The van der Waals surface area contributed by atoms with Gasteiger partial charge in [-0.2, -0.15) is 0 Å². The van der Waals surface area contributed by atoms with Crippen molar-refractivity contribution >= 4 is 18.0 Å². The maximum Gasteiger partial charge on any atom is 0.408 e. The van der Waals surface area contributed by atoms with Crippen LogP contribution in [-0.4, -0.2) is 41.9 Å². The third-order valence-electron chi connectivity index (χ3n) is 2.11. The predicted molar refractivity (Wildman–Crippen MR) is 84.8 cm³/mol. The van der Waals surface area contributed by atoms with Gasteiger partial charge in [0, 0.05) is 0 Å². The second kappa shape index (κ2) is 8.55. The number of alkyl carbamates (subject to hydrolysis) is 1. The van der Waals surface area contributed by atoms with Crippen LogP contribution in [0.3, 0.4) is 0 Å². The Morgan fingerprint density at radius 2 is 1.57 bits per heavy atom. The molecule has 0 rings (SSSR count).